The third-order valence-corrected chi connectivity index (χ3v) is 14.3. The van der Waals surface area contributed by atoms with E-state index in [4.69, 9.17) is 14.2 Å². The summed E-state index contributed by atoms with van der Waals surface area (Å²) in [7, 11) is 0. The van der Waals surface area contributed by atoms with Crippen molar-refractivity contribution >= 4 is 17.9 Å². The lowest BCUT2D eigenvalue weighted by Gasteiger charge is -2.18. The van der Waals surface area contributed by atoms with Crippen LogP contribution < -0.4 is 0 Å². The molecule has 0 rings (SSSR count). The number of esters is 3. The quantitative estimate of drug-likeness (QED) is 0.0261. The highest BCUT2D eigenvalue weighted by atomic mass is 16.6. The van der Waals surface area contributed by atoms with E-state index < -0.39 is 6.10 Å². The minimum atomic E-state index is -0.782. The van der Waals surface area contributed by atoms with E-state index in [-0.39, 0.29) is 31.1 Å². The average molecular weight is 1020 g/mol. The smallest absolute Gasteiger partial charge is 0.306 e. The number of hydrogen-bond acceptors (Lipinski definition) is 6. The van der Waals surface area contributed by atoms with Crippen LogP contribution in [0, 0.1) is 0 Å². The van der Waals surface area contributed by atoms with Gasteiger partial charge in [-0.1, -0.05) is 288 Å². The van der Waals surface area contributed by atoms with E-state index in [2.05, 4.69) is 69.4 Å². The molecule has 0 amide bonds. The van der Waals surface area contributed by atoms with Crippen LogP contribution in [0.2, 0.25) is 0 Å². The summed E-state index contributed by atoms with van der Waals surface area (Å²) in [4.78, 5) is 38.3. The van der Waals surface area contributed by atoms with E-state index in [0.717, 1.165) is 89.9 Å². The number of hydrogen-bond donors (Lipinski definition) is 0. The third kappa shape index (κ3) is 60.1. The van der Waals surface area contributed by atoms with E-state index >= 15 is 0 Å². The van der Waals surface area contributed by atoms with Gasteiger partial charge in [0.05, 0.1) is 0 Å². The molecule has 1 atom stereocenters. The van der Waals surface area contributed by atoms with Gasteiger partial charge in [-0.15, -0.1) is 0 Å². The molecule has 0 heterocycles. The molecule has 0 radical (unpaired) electrons. The van der Waals surface area contributed by atoms with E-state index in [1.165, 1.54) is 212 Å². The van der Waals surface area contributed by atoms with Gasteiger partial charge in [0, 0.05) is 19.3 Å². The van der Waals surface area contributed by atoms with Crippen LogP contribution in [0.15, 0.2) is 48.6 Å². The molecule has 0 aliphatic carbocycles. The Bertz CT molecular complexity index is 1270. The SMILES string of the molecule is CCCCC/C=C\C/C=C\CCCCCCCCCC(=O)OC(COC(=O)CCCCCCC/C=C\C/C=C\CCCCCC)COC(=O)CCCCCCCCCCCCCCCCCCCCCCCC. The van der Waals surface area contributed by atoms with Crippen LogP contribution in [0.3, 0.4) is 0 Å². The Morgan fingerprint density at radius 2 is 0.493 bits per heavy atom. The van der Waals surface area contributed by atoms with Crippen molar-refractivity contribution < 1.29 is 28.6 Å². The van der Waals surface area contributed by atoms with Crippen LogP contribution in [0.1, 0.15) is 342 Å². The molecule has 1 unspecified atom stereocenters. The molecule has 6 nitrogen and oxygen atoms in total. The Balaban J connectivity index is 4.33. The molecule has 0 saturated carbocycles. The lowest BCUT2D eigenvalue weighted by molar-refractivity contribution is -0.167. The molecule has 0 bridgehead atoms. The van der Waals surface area contributed by atoms with E-state index in [9.17, 15) is 14.4 Å². The highest BCUT2D eigenvalue weighted by Crippen LogP contribution is 2.17. The van der Waals surface area contributed by atoms with Crippen LogP contribution in [0.4, 0.5) is 0 Å². The van der Waals surface area contributed by atoms with E-state index in [1.807, 2.05) is 0 Å². The van der Waals surface area contributed by atoms with E-state index in [1.54, 1.807) is 0 Å². The van der Waals surface area contributed by atoms with Gasteiger partial charge < -0.3 is 14.2 Å². The highest BCUT2D eigenvalue weighted by Gasteiger charge is 2.19. The largest absolute Gasteiger partial charge is 0.462 e. The van der Waals surface area contributed by atoms with Crippen LogP contribution in [-0.4, -0.2) is 37.2 Å². The van der Waals surface area contributed by atoms with Gasteiger partial charge in [0.1, 0.15) is 13.2 Å². The Labute approximate surface area is 454 Å². The van der Waals surface area contributed by atoms with Crippen molar-refractivity contribution in [1.82, 2.24) is 0 Å². The summed E-state index contributed by atoms with van der Waals surface area (Å²) in [6.45, 7) is 6.63. The molecule has 73 heavy (non-hydrogen) atoms. The summed E-state index contributed by atoms with van der Waals surface area (Å²) in [5, 5.41) is 0. The number of allylic oxidation sites excluding steroid dienone is 8. The van der Waals surface area contributed by atoms with Crippen LogP contribution in [0.25, 0.3) is 0 Å². The molecular weight excluding hydrogens is 901 g/mol. The molecule has 0 fully saturated rings. The molecule has 6 heteroatoms. The predicted octanol–water partition coefficient (Wildman–Crippen LogP) is 21.8. The predicted molar refractivity (Wildman–Crippen MR) is 316 cm³/mol. The van der Waals surface area contributed by atoms with Gasteiger partial charge in [-0.05, 0) is 83.5 Å². The zero-order valence-electron chi connectivity index (χ0n) is 48.9. The van der Waals surface area contributed by atoms with Crippen molar-refractivity contribution in [3.8, 4) is 0 Å². The monoisotopic (exact) mass is 1020 g/mol. The minimum Gasteiger partial charge on any atom is -0.462 e. The number of unbranched alkanes of at least 4 members (excludes halogenated alkanes) is 40. The summed E-state index contributed by atoms with van der Waals surface area (Å²) in [6.07, 6.45) is 76.8. The van der Waals surface area contributed by atoms with Crippen molar-refractivity contribution in [1.29, 1.82) is 0 Å². The van der Waals surface area contributed by atoms with Gasteiger partial charge >= 0.3 is 17.9 Å². The highest BCUT2D eigenvalue weighted by molar-refractivity contribution is 5.71. The lowest BCUT2D eigenvalue weighted by atomic mass is 10.0. The first kappa shape index (κ1) is 70.4. The van der Waals surface area contributed by atoms with Gasteiger partial charge in [0.15, 0.2) is 6.10 Å². The summed E-state index contributed by atoms with van der Waals surface area (Å²) in [6, 6.07) is 0. The molecule has 0 aromatic carbocycles. The summed E-state index contributed by atoms with van der Waals surface area (Å²) < 4.78 is 16.9. The van der Waals surface area contributed by atoms with Crippen molar-refractivity contribution in [2.24, 2.45) is 0 Å². The summed E-state index contributed by atoms with van der Waals surface area (Å²) in [5.41, 5.74) is 0. The molecule has 426 valence electrons. The summed E-state index contributed by atoms with van der Waals surface area (Å²) in [5.74, 6) is -0.879. The van der Waals surface area contributed by atoms with Gasteiger partial charge in [-0.25, -0.2) is 0 Å². The fourth-order valence-electron chi connectivity index (χ4n) is 9.45. The average Bonchev–Trinajstić information content (AvgIpc) is 3.39. The number of ether oxygens (including phenoxy) is 3. The molecule has 0 spiro atoms. The second-order valence-electron chi connectivity index (χ2n) is 21.7. The minimum absolute atomic E-state index is 0.0775. The molecule has 0 saturated heterocycles. The van der Waals surface area contributed by atoms with Crippen LogP contribution in [-0.2, 0) is 28.6 Å². The zero-order valence-corrected chi connectivity index (χ0v) is 48.9. The zero-order chi connectivity index (χ0) is 52.9. The number of carbonyl (C=O) groups excluding carboxylic acids is 3. The topological polar surface area (TPSA) is 78.9 Å². The first-order valence-corrected chi connectivity index (χ1v) is 32.1. The van der Waals surface area contributed by atoms with Crippen molar-refractivity contribution in [3.05, 3.63) is 48.6 Å². The first-order chi connectivity index (χ1) is 36.0. The molecule has 0 aromatic rings. The lowest BCUT2D eigenvalue weighted by Crippen LogP contribution is -2.30. The van der Waals surface area contributed by atoms with Gasteiger partial charge in [-0.3, -0.25) is 14.4 Å². The fraction of sp³-hybridized carbons (Fsp3) is 0.836. The van der Waals surface area contributed by atoms with Crippen molar-refractivity contribution in [2.45, 2.75) is 348 Å². The van der Waals surface area contributed by atoms with Crippen molar-refractivity contribution in [3.63, 3.8) is 0 Å². The first-order valence-electron chi connectivity index (χ1n) is 32.1. The Kier molecular flexibility index (Phi) is 59.7. The second kappa shape index (κ2) is 61.9. The molecular formula is C67H122O6. The standard InChI is InChI=1S/C67H122O6/c1-4-7-10-13-16-19-22-25-28-31-32-33-34-35-37-39-42-45-48-51-54-57-60-66(69)72-63-64(62-71-65(68)59-56-53-50-47-44-41-38-30-27-24-21-18-15-12-9-6-3)73-67(70)61-58-55-52-49-46-43-40-36-29-26-23-20-17-14-11-8-5-2/h17,20-21,24,26,29-30,38,64H,4-16,18-19,22-23,25,27-28,31-37,39-63H2,1-3H3/b20-17-,24-21-,29-26-,38-30-. The van der Waals surface area contributed by atoms with Gasteiger partial charge in [-0.2, -0.15) is 0 Å². The Morgan fingerprint density at radius 1 is 0.274 bits per heavy atom. The van der Waals surface area contributed by atoms with Gasteiger partial charge in [0.25, 0.3) is 0 Å². The summed E-state index contributed by atoms with van der Waals surface area (Å²) >= 11 is 0. The maximum atomic E-state index is 12.9. The third-order valence-electron chi connectivity index (χ3n) is 14.3. The van der Waals surface area contributed by atoms with Crippen LogP contribution in [0.5, 0.6) is 0 Å². The Hall–Kier alpha value is -2.63. The Morgan fingerprint density at radius 3 is 0.795 bits per heavy atom. The second-order valence-corrected chi connectivity index (χ2v) is 21.7. The molecule has 0 aromatic heterocycles. The van der Waals surface area contributed by atoms with Crippen LogP contribution >= 0.6 is 0 Å². The normalized spacial score (nSPS) is 12.3. The number of carbonyl (C=O) groups is 3. The fourth-order valence-corrected chi connectivity index (χ4v) is 9.45. The molecule has 0 aliphatic rings. The van der Waals surface area contributed by atoms with Crippen molar-refractivity contribution in [2.75, 3.05) is 13.2 Å². The number of rotatable bonds is 59. The van der Waals surface area contributed by atoms with E-state index in [0.29, 0.717) is 19.3 Å². The van der Waals surface area contributed by atoms with Gasteiger partial charge in [0.2, 0.25) is 0 Å². The molecule has 0 N–H and O–H groups in total. The maximum Gasteiger partial charge on any atom is 0.306 e. The molecule has 0 aliphatic heterocycles. The maximum absolute atomic E-state index is 12.9.